The Labute approximate surface area is 118 Å². The van der Waals surface area contributed by atoms with Gasteiger partial charge in [0.25, 0.3) is 0 Å². The first kappa shape index (κ1) is 13.9. The molecule has 2 rings (SSSR count). The minimum Gasteiger partial charge on any atom is -0.478 e. The zero-order chi connectivity index (χ0) is 14.5. The number of carboxylic acid groups (broad SMARTS) is 1. The Morgan fingerprint density at radius 2 is 2.15 bits per heavy atom. The molecule has 104 valence electrons. The number of carboxylic acids is 1. The summed E-state index contributed by atoms with van der Waals surface area (Å²) in [5, 5.41) is 14.8. The van der Waals surface area contributed by atoms with Crippen LogP contribution < -0.4 is 10.6 Å². The fraction of sp³-hybridized carbons (Fsp3) is 0.167. The van der Waals surface area contributed by atoms with Crippen LogP contribution in [0.2, 0.25) is 0 Å². The number of hydrogen-bond donors (Lipinski definition) is 3. The highest BCUT2D eigenvalue weighted by Gasteiger charge is 2.07. The molecule has 0 spiro atoms. The van der Waals surface area contributed by atoms with Crippen LogP contribution in [0, 0.1) is 6.92 Å². The number of aryl methyl sites for hydroxylation is 1. The quantitative estimate of drug-likeness (QED) is 0.798. The number of nitrogens with zero attached hydrogens (tertiary/aromatic N) is 2. The van der Waals surface area contributed by atoms with Crippen LogP contribution in [0.25, 0.3) is 0 Å². The van der Waals surface area contributed by atoms with E-state index in [1.165, 1.54) is 29.8 Å². The average Bonchev–Trinajstić information content (AvgIpc) is 2.82. The number of pyridine rings is 1. The minimum atomic E-state index is -1.10. The van der Waals surface area contributed by atoms with Gasteiger partial charge in [0, 0.05) is 17.3 Å². The van der Waals surface area contributed by atoms with Crippen molar-refractivity contribution in [3.8, 4) is 0 Å². The zero-order valence-corrected chi connectivity index (χ0v) is 11.4. The van der Waals surface area contributed by atoms with Crippen LogP contribution in [0.3, 0.4) is 0 Å². The number of urea groups is 1. The highest BCUT2D eigenvalue weighted by atomic mass is 32.1. The van der Waals surface area contributed by atoms with E-state index in [1.807, 2.05) is 6.92 Å². The maximum Gasteiger partial charge on any atom is 0.337 e. The Morgan fingerprint density at radius 1 is 1.35 bits per heavy atom. The van der Waals surface area contributed by atoms with Gasteiger partial charge in [-0.15, -0.1) is 11.3 Å². The molecule has 0 fully saturated rings. The maximum absolute atomic E-state index is 11.7. The molecular weight excluding hydrogens is 280 g/mol. The van der Waals surface area contributed by atoms with Gasteiger partial charge in [0.1, 0.15) is 5.01 Å². The van der Waals surface area contributed by atoms with Crippen LogP contribution in [0.5, 0.6) is 0 Å². The summed E-state index contributed by atoms with van der Waals surface area (Å²) < 4.78 is 0. The predicted molar refractivity (Wildman–Crippen MR) is 73.9 cm³/mol. The Morgan fingerprint density at radius 3 is 2.80 bits per heavy atom. The van der Waals surface area contributed by atoms with Crippen molar-refractivity contribution in [2.45, 2.75) is 13.5 Å². The number of carbonyl (C=O) groups is 2. The molecule has 0 aliphatic heterocycles. The number of amides is 2. The lowest BCUT2D eigenvalue weighted by Crippen LogP contribution is -2.28. The number of rotatable bonds is 4. The summed E-state index contributed by atoms with van der Waals surface area (Å²) in [6.07, 6.45) is 4.32. The first-order valence-corrected chi connectivity index (χ1v) is 6.51. The van der Waals surface area contributed by atoms with Crippen LogP contribution in [-0.2, 0) is 6.54 Å². The van der Waals surface area contributed by atoms with Crippen molar-refractivity contribution >= 4 is 29.0 Å². The number of carbonyl (C=O) groups excluding carboxylic acids is 1. The van der Waals surface area contributed by atoms with E-state index < -0.39 is 12.0 Å². The van der Waals surface area contributed by atoms with Gasteiger partial charge in [0.2, 0.25) is 0 Å². The molecule has 20 heavy (non-hydrogen) atoms. The number of nitrogens with one attached hydrogen (secondary N) is 2. The van der Waals surface area contributed by atoms with Crippen LogP contribution in [0.4, 0.5) is 10.5 Å². The lowest BCUT2D eigenvalue weighted by molar-refractivity contribution is 0.0696. The summed E-state index contributed by atoms with van der Waals surface area (Å²) in [5.41, 5.74) is 0.330. The Balaban J connectivity index is 1.91. The van der Waals surface area contributed by atoms with Crippen molar-refractivity contribution in [1.82, 2.24) is 15.3 Å². The molecule has 3 N–H and O–H groups in total. The Hall–Kier alpha value is -2.48. The van der Waals surface area contributed by atoms with Crippen molar-refractivity contribution < 1.29 is 14.7 Å². The number of hydrogen-bond acceptors (Lipinski definition) is 5. The van der Waals surface area contributed by atoms with Crippen molar-refractivity contribution in [2.24, 2.45) is 0 Å². The molecule has 0 radical (unpaired) electrons. The number of aromatic nitrogens is 2. The maximum atomic E-state index is 11.7. The average molecular weight is 292 g/mol. The smallest absolute Gasteiger partial charge is 0.337 e. The first-order valence-electron chi connectivity index (χ1n) is 5.69. The van der Waals surface area contributed by atoms with Gasteiger partial charge in [-0.2, -0.15) is 0 Å². The van der Waals surface area contributed by atoms with Crippen LogP contribution in [0.1, 0.15) is 20.2 Å². The summed E-state index contributed by atoms with van der Waals surface area (Å²) in [4.78, 5) is 31.4. The molecule has 8 heteroatoms. The standard InChI is InChI=1S/C12H12N4O3S/c1-7-3-14-10(20-7)6-15-12(19)16-9-2-8(11(17)18)4-13-5-9/h2-5H,6H2,1H3,(H,17,18)(H2,15,16,19). The van der Waals surface area contributed by atoms with Gasteiger partial charge in [-0.25, -0.2) is 14.6 Å². The lowest BCUT2D eigenvalue weighted by Gasteiger charge is -2.06. The van der Waals surface area contributed by atoms with E-state index in [0.717, 1.165) is 9.88 Å². The topological polar surface area (TPSA) is 104 Å². The second kappa shape index (κ2) is 6.11. The molecule has 0 aromatic carbocycles. The molecule has 0 saturated heterocycles. The fourth-order valence-corrected chi connectivity index (χ4v) is 2.17. The first-order chi connectivity index (χ1) is 9.54. The van der Waals surface area contributed by atoms with Crippen LogP contribution in [0.15, 0.2) is 24.7 Å². The third kappa shape index (κ3) is 3.75. The predicted octanol–water partition coefficient (Wildman–Crippen LogP) is 1.87. The number of aromatic carboxylic acids is 1. The van der Waals surface area contributed by atoms with Gasteiger partial charge in [0.15, 0.2) is 0 Å². The van der Waals surface area contributed by atoms with E-state index in [2.05, 4.69) is 20.6 Å². The second-order valence-electron chi connectivity index (χ2n) is 3.94. The van der Waals surface area contributed by atoms with E-state index >= 15 is 0 Å². The van der Waals surface area contributed by atoms with Gasteiger partial charge in [0.05, 0.1) is 24.0 Å². The van der Waals surface area contributed by atoms with E-state index in [1.54, 1.807) is 6.20 Å². The molecule has 2 heterocycles. The summed E-state index contributed by atoms with van der Waals surface area (Å²) in [5.74, 6) is -1.10. The van der Waals surface area contributed by atoms with Crippen molar-refractivity contribution in [1.29, 1.82) is 0 Å². The van der Waals surface area contributed by atoms with E-state index in [0.29, 0.717) is 12.2 Å². The molecule has 7 nitrogen and oxygen atoms in total. The van der Waals surface area contributed by atoms with Gasteiger partial charge < -0.3 is 15.7 Å². The summed E-state index contributed by atoms with van der Waals surface area (Å²) in [6, 6.07) is 0.893. The second-order valence-corrected chi connectivity index (χ2v) is 5.26. The summed E-state index contributed by atoms with van der Waals surface area (Å²) in [6.45, 7) is 2.25. The molecule has 0 atom stereocenters. The summed E-state index contributed by atoms with van der Waals surface area (Å²) in [7, 11) is 0. The SMILES string of the molecule is Cc1cnc(CNC(=O)Nc2cncc(C(=O)O)c2)s1. The third-order valence-corrected chi connectivity index (χ3v) is 3.23. The fourth-order valence-electron chi connectivity index (χ4n) is 1.44. The van der Waals surface area contributed by atoms with Gasteiger partial charge in [-0.1, -0.05) is 0 Å². The van der Waals surface area contributed by atoms with Gasteiger partial charge in [-0.3, -0.25) is 4.98 Å². The monoisotopic (exact) mass is 292 g/mol. The molecule has 2 aromatic heterocycles. The van der Waals surface area contributed by atoms with Crippen molar-refractivity contribution in [2.75, 3.05) is 5.32 Å². The Bertz CT molecular complexity index is 641. The van der Waals surface area contributed by atoms with Gasteiger partial charge >= 0.3 is 12.0 Å². The highest BCUT2D eigenvalue weighted by Crippen LogP contribution is 2.11. The van der Waals surface area contributed by atoms with Crippen molar-refractivity contribution in [3.63, 3.8) is 0 Å². The van der Waals surface area contributed by atoms with E-state index in [-0.39, 0.29) is 5.56 Å². The zero-order valence-electron chi connectivity index (χ0n) is 10.6. The van der Waals surface area contributed by atoms with Crippen LogP contribution >= 0.6 is 11.3 Å². The molecule has 2 amide bonds. The number of thiazole rings is 1. The normalized spacial score (nSPS) is 10.1. The van der Waals surface area contributed by atoms with Crippen molar-refractivity contribution in [3.05, 3.63) is 40.1 Å². The minimum absolute atomic E-state index is 0.0124. The van der Waals surface area contributed by atoms with Gasteiger partial charge in [-0.05, 0) is 13.0 Å². The molecular formula is C12H12N4O3S. The molecule has 0 aliphatic carbocycles. The largest absolute Gasteiger partial charge is 0.478 e. The van der Waals surface area contributed by atoms with E-state index in [9.17, 15) is 9.59 Å². The molecule has 2 aromatic rings. The summed E-state index contributed by atoms with van der Waals surface area (Å²) >= 11 is 1.50. The lowest BCUT2D eigenvalue weighted by atomic mass is 10.3. The molecule has 0 unspecified atom stereocenters. The third-order valence-electron chi connectivity index (χ3n) is 2.31. The highest BCUT2D eigenvalue weighted by molar-refractivity contribution is 7.11. The molecule has 0 saturated carbocycles. The molecule has 0 bridgehead atoms. The number of anilines is 1. The van der Waals surface area contributed by atoms with Crippen LogP contribution in [-0.4, -0.2) is 27.1 Å². The Kier molecular flexibility index (Phi) is 4.26. The molecule has 0 aliphatic rings. The van der Waals surface area contributed by atoms with E-state index in [4.69, 9.17) is 5.11 Å².